The van der Waals surface area contributed by atoms with Crippen LogP contribution in [0.4, 0.5) is 0 Å². The van der Waals surface area contributed by atoms with Gasteiger partial charge in [0.25, 0.3) is 0 Å². The van der Waals surface area contributed by atoms with E-state index in [1.54, 1.807) is 6.20 Å². The Morgan fingerprint density at radius 2 is 2.36 bits per heavy atom. The fraction of sp³-hybridized carbons (Fsp3) is 0.286. The summed E-state index contributed by atoms with van der Waals surface area (Å²) >= 11 is 5.19. The van der Waals surface area contributed by atoms with Crippen molar-refractivity contribution in [3.05, 3.63) is 24.4 Å². The number of hydrogen-bond donors (Lipinski definition) is 1. The van der Waals surface area contributed by atoms with Crippen LogP contribution < -0.4 is 5.73 Å². The molecule has 1 rings (SSSR count). The summed E-state index contributed by atoms with van der Waals surface area (Å²) in [5.41, 5.74) is 5.38. The highest BCUT2D eigenvalue weighted by molar-refractivity contribution is 8.28. The van der Waals surface area contributed by atoms with Crippen LogP contribution in [-0.2, 0) is 20.6 Å². The average molecular weight is 186 g/mol. The normalized spacial score (nSPS) is 12.8. The van der Waals surface area contributed by atoms with Crippen LogP contribution >= 0.6 is 0 Å². The van der Waals surface area contributed by atoms with Crippen molar-refractivity contribution in [2.45, 2.75) is 5.03 Å². The van der Waals surface area contributed by atoms with Crippen LogP contribution in [0.15, 0.2) is 29.4 Å². The third-order valence-electron chi connectivity index (χ3n) is 1.17. The fourth-order valence-corrected chi connectivity index (χ4v) is 2.11. The van der Waals surface area contributed by atoms with Crippen LogP contribution in [0.3, 0.4) is 0 Å². The maximum absolute atomic E-state index is 5.38. The second-order valence-electron chi connectivity index (χ2n) is 2.01. The van der Waals surface area contributed by atoms with E-state index in [-0.39, 0.29) is 9.45 Å². The van der Waals surface area contributed by atoms with Crippen LogP contribution in [0.2, 0.25) is 0 Å². The number of nitrogens with two attached hydrogens (primary N) is 1. The third-order valence-corrected chi connectivity index (χ3v) is 3.50. The van der Waals surface area contributed by atoms with Crippen molar-refractivity contribution in [1.29, 1.82) is 0 Å². The van der Waals surface area contributed by atoms with Crippen molar-refractivity contribution in [2.75, 3.05) is 12.3 Å². The van der Waals surface area contributed by atoms with Crippen LogP contribution in [0.1, 0.15) is 0 Å². The van der Waals surface area contributed by atoms with Crippen LogP contribution in [0.25, 0.3) is 0 Å². The molecule has 11 heavy (non-hydrogen) atoms. The van der Waals surface area contributed by atoms with Gasteiger partial charge in [0.15, 0.2) is 0 Å². The van der Waals surface area contributed by atoms with Gasteiger partial charge in [0.2, 0.25) is 0 Å². The molecule has 2 nitrogen and oxygen atoms in total. The summed E-state index contributed by atoms with van der Waals surface area (Å²) in [6.45, 7) is 0.642. The molecular weight excluding hydrogens is 176 g/mol. The van der Waals surface area contributed by atoms with Gasteiger partial charge in [0, 0.05) is 18.5 Å². The lowest BCUT2D eigenvalue weighted by atomic mass is 10.5. The zero-order valence-corrected chi connectivity index (χ0v) is 7.70. The molecule has 0 radical (unpaired) electrons. The van der Waals surface area contributed by atoms with Gasteiger partial charge >= 0.3 is 0 Å². The lowest BCUT2D eigenvalue weighted by Gasteiger charge is -2.00. The van der Waals surface area contributed by atoms with E-state index < -0.39 is 0 Å². The highest BCUT2D eigenvalue weighted by atomic mass is 32.8. The highest BCUT2D eigenvalue weighted by Gasteiger charge is 1.96. The number of hydrogen-bond acceptors (Lipinski definition) is 3. The molecule has 0 saturated carbocycles. The van der Waals surface area contributed by atoms with Gasteiger partial charge in [-0.05, 0) is 23.3 Å². The first-order valence-corrected chi connectivity index (χ1v) is 5.66. The molecule has 1 aromatic heterocycles. The van der Waals surface area contributed by atoms with Gasteiger partial charge in [0.05, 0.1) is 0 Å². The topological polar surface area (TPSA) is 38.9 Å². The predicted octanol–water partition coefficient (Wildman–Crippen LogP) is 0.479. The Labute approximate surface area is 73.4 Å². The molecule has 1 aromatic rings. The van der Waals surface area contributed by atoms with Gasteiger partial charge in [-0.1, -0.05) is 15.5 Å². The SMILES string of the molecule is NCCS(=S)c1ccccn1. The Bertz CT molecular complexity index is 235. The van der Waals surface area contributed by atoms with E-state index in [1.807, 2.05) is 18.2 Å². The average Bonchev–Trinajstić information content (AvgIpc) is 2.07. The van der Waals surface area contributed by atoms with Gasteiger partial charge in [-0.15, -0.1) is 0 Å². The molecule has 0 aromatic carbocycles. The Morgan fingerprint density at radius 3 is 2.91 bits per heavy atom. The van der Waals surface area contributed by atoms with Gasteiger partial charge in [-0.3, -0.25) is 0 Å². The minimum Gasteiger partial charge on any atom is -0.330 e. The highest BCUT2D eigenvalue weighted by Crippen LogP contribution is 2.00. The fourth-order valence-electron chi connectivity index (χ4n) is 0.693. The van der Waals surface area contributed by atoms with Crippen molar-refractivity contribution >= 4 is 20.6 Å². The van der Waals surface area contributed by atoms with Crippen LogP contribution in [0, 0.1) is 0 Å². The molecule has 2 N–H and O–H groups in total. The maximum atomic E-state index is 5.38. The Balaban J connectivity index is 2.69. The van der Waals surface area contributed by atoms with E-state index in [1.165, 1.54) is 0 Å². The quantitative estimate of drug-likeness (QED) is 0.746. The standard InChI is InChI=1S/C7H10N2S2/c8-4-6-11(10)7-3-1-2-5-9-7/h1-3,5H,4,6,8H2. The predicted molar refractivity (Wildman–Crippen MR) is 51.2 cm³/mol. The summed E-state index contributed by atoms with van der Waals surface area (Å²) in [4.78, 5) is 4.15. The monoisotopic (exact) mass is 186 g/mol. The molecule has 0 saturated heterocycles. The lowest BCUT2D eigenvalue weighted by Crippen LogP contribution is -2.10. The van der Waals surface area contributed by atoms with E-state index in [9.17, 15) is 0 Å². The minimum atomic E-state index is -0.186. The maximum Gasteiger partial charge on any atom is 0.100 e. The first-order chi connectivity index (χ1) is 5.34. The largest absolute Gasteiger partial charge is 0.330 e. The Hall–Kier alpha value is -0.320. The Morgan fingerprint density at radius 1 is 1.55 bits per heavy atom. The van der Waals surface area contributed by atoms with E-state index >= 15 is 0 Å². The van der Waals surface area contributed by atoms with Crippen LogP contribution in [-0.4, -0.2) is 17.3 Å². The Kier molecular flexibility index (Phi) is 3.62. The summed E-state index contributed by atoms with van der Waals surface area (Å²) in [6, 6.07) is 5.79. The van der Waals surface area contributed by atoms with Gasteiger partial charge < -0.3 is 5.73 Å². The zero-order chi connectivity index (χ0) is 8.10. The summed E-state index contributed by atoms with van der Waals surface area (Å²) in [7, 11) is -0.186. The van der Waals surface area contributed by atoms with Gasteiger partial charge in [-0.2, -0.15) is 0 Å². The van der Waals surface area contributed by atoms with Gasteiger partial charge in [0.1, 0.15) is 5.03 Å². The third kappa shape index (κ3) is 2.65. The molecule has 4 heteroatoms. The number of nitrogens with zero attached hydrogens (tertiary/aromatic N) is 1. The molecule has 60 valence electrons. The molecule has 0 amide bonds. The van der Waals surface area contributed by atoms with Crippen molar-refractivity contribution in [2.24, 2.45) is 5.73 Å². The molecule has 0 aliphatic rings. The first kappa shape index (κ1) is 8.77. The zero-order valence-electron chi connectivity index (χ0n) is 6.06. The summed E-state index contributed by atoms with van der Waals surface area (Å²) in [6.07, 6.45) is 1.76. The molecule has 1 heterocycles. The molecule has 0 aliphatic carbocycles. The van der Waals surface area contributed by atoms with E-state index in [4.69, 9.17) is 16.9 Å². The summed E-state index contributed by atoms with van der Waals surface area (Å²) < 4.78 is 0. The second kappa shape index (κ2) is 4.54. The summed E-state index contributed by atoms with van der Waals surface area (Å²) in [5.74, 6) is 0.854. The number of pyridine rings is 1. The van der Waals surface area contributed by atoms with Crippen molar-refractivity contribution in [1.82, 2.24) is 4.98 Å². The molecule has 0 aliphatic heterocycles. The molecule has 1 unspecified atom stereocenters. The smallest absolute Gasteiger partial charge is 0.100 e. The van der Waals surface area contributed by atoms with Crippen molar-refractivity contribution in [3.63, 3.8) is 0 Å². The van der Waals surface area contributed by atoms with Crippen LogP contribution in [0.5, 0.6) is 0 Å². The molecule has 1 atom stereocenters. The van der Waals surface area contributed by atoms with E-state index in [2.05, 4.69) is 4.98 Å². The summed E-state index contributed by atoms with van der Waals surface area (Å²) in [5, 5.41) is 0.980. The van der Waals surface area contributed by atoms with Crippen molar-refractivity contribution < 1.29 is 0 Å². The number of aromatic nitrogens is 1. The molecule has 0 fully saturated rings. The van der Waals surface area contributed by atoms with Crippen molar-refractivity contribution in [3.8, 4) is 0 Å². The minimum absolute atomic E-state index is 0.186. The molecule has 0 bridgehead atoms. The van der Waals surface area contributed by atoms with Gasteiger partial charge in [-0.25, -0.2) is 4.98 Å². The lowest BCUT2D eigenvalue weighted by molar-refractivity contribution is 1.10. The van der Waals surface area contributed by atoms with E-state index in [0.717, 1.165) is 10.8 Å². The van der Waals surface area contributed by atoms with E-state index in [0.29, 0.717) is 6.54 Å². The second-order valence-corrected chi connectivity index (χ2v) is 4.73. The number of rotatable bonds is 3. The first-order valence-electron chi connectivity index (χ1n) is 3.34. The molecule has 0 spiro atoms. The molecular formula is C7H10N2S2.